The Labute approximate surface area is 168 Å². The largest absolute Gasteiger partial charge is 0.497 e. The van der Waals surface area contributed by atoms with E-state index in [1.54, 1.807) is 48.4 Å². The van der Waals surface area contributed by atoms with Crippen LogP contribution in [0.3, 0.4) is 0 Å². The normalized spacial score (nSPS) is 16.1. The lowest BCUT2D eigenvalue weighted by molar-refractivity contribution is -0.122. The van der Waals surface area contributed by atoms with Crippen LogP contribution < -0.4 is 24.4 Å². The first-order valence-corrected chi connectivity index (χ1v) is 9.01. The molecule has 1 fully saturated rings. The van der Waals surface area contributed by atoms with Crippen LogP contribution in [0, 0.1) is 5.92 Å². The first-order chi connectivity index (χ1) is 13.5. The van der Waals surface area contributed by atoms with Crippen molar-refractivity contribution in [3.8, 4) is 17.2 Å². The average Bonchev–Trinajstić information content (AvgIpc) is 3.10. The SMILES string of the molecule is COc1ccc(N2C[C@@H](C(=O)Nc3cc(OC)c(Cl)cc3OC)CC2=O)cc1. The fourth-order valence-corrected chi connectivity index (χ4v) is 3.32. The molecule has 0 bridgehead atoms. The number of carbonyl (C=O) groups excluding carboxylic acids is 2. The van der Waals surface area contributed by atoms with Gasteiger partial charge in [0.2, 0.25) is 11.8 Å². The zero-order valence-corrected chi connectivity index (χ0v) is 16.6. The molecule has 1 N–H and O–H groups in total. The highest BCUT2D eigenvalue weighted by Gasteiger charge is 2.35. The summed E-state index contributed by atoms with van der Waals surface area (Å²) >= 11 is 6.09. The van der Waals surface area contributed by atoms with Gasteiger partial charge in [-0.25, -0.2) is 0 Å². The van der Waals surface area contributed by atoms with Gasteiger partial charge in [0.05, 0.1) is 38.0 Å². The summed E-state index contributed by atoms with van der Waals surface area (Å²) < 4.78 is 15.6. The van der Waals surface area contributed by atoms with Crippen LogP contribution in [0.5, 0.6) is 17.2 Å². The summed E-state index contributed by atoms with van der Waals surface area (Å²) in [4.78, 5) is 26.8. The second-order valence-electron chi connectivity index (χ2n) is 6.28. The topological polar surface area (TPSA) is 77.1 Å². The van der Waals surface area contributed by atoms with E-state index < -0.39 is 5.92 Å². The van der Waals surface area contributed by atoms with Crippen LogP contribution in [0.25, 0.3) is 0 Å². The van der Waals surface area contributed by atoms with Gasteiger partial charge in [-0.1, -0.05) is 11.6 Å². The maximum atomic E-state index is 12.8. The lowest BCUT2D eigenvalue weighted by atomic mass is 10.1. The van der Waals surface area contributed by atoms with E-state index in [-0.39, 0.29) is 18.2 Å². The monoisotopic (exact) mass is 404 g/mol. The maximum Gasteiger partial charge on any atom is 0.229 e. The molecule has 0 radical (unpaired) electrons. The van der Waals surface area contributed by atoms with Gasteiger partial charge in [-0.3, -0.25) is 9.59 Å². The maximum absolute atomic E-state index is 12.8. The summed E-state index contributed by atoms with van der Waals surface area (Å²) in [6, 6.07) is 10.3. The van der Waals surface area contributed by atoms with E-state index in [1.165, 1.54) is 14.2 Å². The number of anilines is 2. The fourth-order valence-electron chi connectivity index (χ4n) is 3.09. The molecule has 8 heteroatoms. The highest BCUT2D eigenvalue weighted by atomic mass is 35.5. The van der Waals surface area contributed by atoms with Crippen molar-refractivity contribution in [2.75, 3.05) is 38.1 Å². The third kappa shape index (κ3) is 3.99. The number of nitrogens with one attached hydrogen (secondary N) is 1. The summed E-state index contributed by atoms with van der Waals surface area (Å²) in [6.07, 6.45) is 0.130. The van der Waals surface area contributed by atoms with Gasteiger partial charge in [-0.05, 0) is 24.3 Å². The molecular formula is C20H21ClN2O5. The number of hydrogen-bond acceptors (Lipinski definition) is 5. The molecular weight excluding hydrogens is 384 g/mol. The minimum atomic E-state index is -0.485. The molecule has 3 rings (SSSR count). The summed E-state index contributed by atoms with van der Waals surface area (Å²) in [7, 11) is 4.55. The van der Waals surface area contributed by atoms with Gasteiger partial charge in [0.1, 0.15) is 17.2 Å². The van der Waals surface area contributed by atoms with E-state index in [1.807, 2.05) is 0 Å². The Balaban J connectivity index is 1.74. The van der Waals surface area contributed by atoms with E-state index in [0.29, 0.717) is 34.5 Å². The van der Waals surface area contributed by atoms with Crippen molar-refractivity contribution >= 4 is 34.8 Å². The molecule has 28 heavy (non-hydrogen) atoms. The molecule has 2 aromatic rings. The highest BCUT2D eigenvalue weighted by Crippen LogP contribution is 2.36. The molecule has 1 aliphatic heterocycles. The van der Waals surface area contributed by atoms with Gasteiger partial charge in [-0.2, -0.15) is 0 Å². The van der Waals surface area contributed by atoms with Gasteiger partial charge < -0.3 is 24.4 Å². The van der Waals surface area contributed by atoms with Crippen LogP contribution in [-0.4, -0.2) is 39.7 Å². The van der Waals surface area contributed by atoms with Crippen LogP contribution in [0.15, 0.2) is 36.4 Å². The molecule has 0 saturated carbocycles. The molecule has 1 atom stereocenters. The van der Waals surface area contributed by atoms with Crippen molar-refractivity contribution in [2.45, 2.75) is 6.42 Å². The molecule has 0 spiro atoms. The number of rotatable bonds is 6. The Morgan fingerprint density at radius 1 is 1.07 bits per heavy atom. The molecule has 7 nitrogen and oxygen atoms in total. The first-order valence-electron chi connectivity index (χ1n) is 8.63. The van der Waals surface area contributed by atoms with Crippen LogP contribution in [0.4, 0.5) is 11.4 Å². The fraction of sp³-hybridized carbons (Fsp3) is 0.300. The predicted octanol–water partition coefficient (Wildman–Crippen LogP) is 3.36. The average molecular weight is 405 g/mol. The molecule has 2 aromatic carbocycles. The Morgan fingerprint density at radius 3 is 2.36 bits per heavy atom. The van der Waals surface area contributed by atoms with Gasteiger partial charge in [0.25, 0.3) is 0 Å². The molecule has 0 aliphatic carbocycles. The van der Waals surface area contributed by atoms with Crippen LogP contribution in [0.1, 0.15) is 6.42 Å². The Hall–Kier alpha value is -2.93. The summed E-state index contributed by atoms with van der Waals surface area (Å²) in [5.41, 5.74) is 1.16. The number of hydrogen-bond donors (Lipinski definition) is 1. The van der Waals surface area contributed by atoms with Crippen LogP contribution >= 0.6 is 11.6 Å². The standard InChI is InChI=1S/C20H21ClN2O5/c1-26-14-6-4-13(5-7-14)23-11-12(8-19(23)24)20(25)22-16-10-17(27-2)15(21)9-18(16)28-3/h4-7,9-10,12H,8,11H2,1-3H3,(H,22,25)/t12-/m0/s1. The second kappa shape index (κ2) is 8.39. The predicted molar refractivity (Wildman–Crippen MR) is 107 cm³/mol. The van der Waals surface area contributed by atoms with Gasteiger partial charge in [0, 0.05) is 30.8 Å². The Kier molecular flexibility index (Phi) is 5.94. The van der Waals surface area contributed by atoms with Crippen LogP contribution in [0.2, 0.25) is 5.02 Å². The molecule has 0 unspecified atom stereocenters. The van der Waals surface area contributed by atoms with Gasteiger partial charge in [-0.15, -0.1) is 0 Å². The van der Waals surface area contributed by atoms with Crippen molar-refractivity contribution in [3.05, 3.63) is 41.4 Å². The quantitative estimate of drug-likeness (QED) is 0.798. The summed E-state index contributed by atoms with van der Waals surface area (Å²) in [5, 5.41) is 3.19. The van der Waals surface area contributed by atoms with Crippen molar-refractivity contribution in [3.63, 3.8) is 0 Å². The number of methoxy groups -OCH3 is 3. The van der Waals surface area contributed by atoms with Crippen LogP contribution in [-0.2, 0) is 9.59 Å². The first kappa shape index (κ1) is 19.8. The molecule has 1 heterocycles. The van der Waals surface area contributed by atoms with Crippen molar-refractivity contribution in [2.24, 2.45) is 5.92 Å². The molecule has 2 amide bonds. The zero-order chi connectivity index (χ0) is 20.3. The smallest absolute Gasteiger partial charge is 0.229 e. The number of ether oxygens (including phenoxy) is 3. The molecule has 1 aliphatic rings. The third-order valence-corrected chi connectivity index (χ3v) is 4.91. The van der Waals surface area contributed by atoms with Crippen molar-refractivity contribution in [1.29, 1.82) is 0 Å². The third-order valence-electron chi connectivity index (χ3n) is 4.61. The van der Waals surface area contributed by atoms with Gasteiger partial charge in [0.15, 0.2) is 0 Å². The van der Waals surface area contributed by atoms with E-state index in [0.717, 1.165) is 5.69 Å². The highest BCUT2D eigenvalue weighted by molar-refractivity contribution is 6.32. The van der Waals surface area contributed by atoms with Crippen molar-refractivity contribution in [1.82, 2.24) is 0 Å². The van der Waals surface area contributed by atoms with E-state index in [2.05, 4.69) is 5.32 Å². The summed E-state index contributed by atoms with van der Waals surface area (Å²) in [6.45, 7) is 0.296. The van der Waals surface area contributed by atoms with E-state index in [4.69, 9.17) is 25.8 Å². The number of halogens is 1. The van der Waals surface area contributed by atoms with Gasteiger partial charge >= 0.3 is 0 Å². The van der Waals surface area contributed by atoms with E-state index in [9.17, 15) is 9.59 Å². The summed E-state index contributed by atoms with van der Waals surface area (Å²) in [5.74, 6) is 0.670. The molecule has 148 valence electrons. The lowest BCUT2D eigenvalue weighted by Gasteiger charge is -2.18. The minimum Gasteiger partial charge on any atom is -0.497 e. The zero-order valence-electron chi connectivity index (χ0n) is 15.8. The van der Waals surface area contributed by atoms with Crippen molar-refractivity contribution < 1.29 is 23.8 Å². The minimum absolute atomic E-state index is 0.106. The number of amides is 2. The molecule has 1 saturated heterocycles. The second-order valence-corrected chi connectivity index (χ2v) is 6.69. The number of nitrogens with zero attached hydrogens (tertiary/aromatic N) is 1. The lowest BCUT2D eigenvalue weighted by Crippen LogP contribution is -2.28. The van der Waals surface area contributed by atoms with E-state index >= 15 is 0 Å². The molecule has 0 aromatic heterocycles. The Morgan fingerprint density at radius 2 is 1.75 bits per heavy atom. The number of benzene rings is 2. The number of carbonyl (C=O) groups is 2. The Bertz CT molecular complexity index is 885.